The molecule has 1 amide bonds. The first-order valence-corrected chi connectivity index (χ1v) is 11.4. The highest BCUT2D eigenvalue weighted by Crippen LogP contribution is 2.21. The molecule has 0 bridgehead atoms. The number of benzene rings is 1. The Bertz CT molecular complexity index is 683. The lowest BCUT2D eigenvalue weighted by Crippen LogP contribution is -2.35. The lowest BCUT2D eigenvalue weighted by Gasteiger charge is -2.31. The predicted octanol–water partition coefficient (Wildman–Crippen LogP) is 2.30. The molecule has 6 nitrogen and oxygen atoms in total. The van der Waals surface area contributed by atoms with Crippen LogP contribution < -0.4 is 10.0 Å². The molecule has 2 rings (SSSR count). The number of amides is 1. The SMILES string of the molecule is CNS(=O)(=O)c1ccc(CCC(=O)NCCCN(C)C2CCCCC2)cc1. The van der Waals surface area contributed by atoms with E-state index in [4.69, 9.17) is 0 Å². The molecule has 27 heavy (non-hydrogen) atoms. The van der Waals surface area contributed by atoms with Crippen LogP contribution >= 0.6 is 0 Å². The maximum atomic E-state index is 12.0. The van der Waals surface area contributed by atoms with Gasteiger partial charge in [0.25, 0.3) is 0 Å². The Kier molecular flexibility index (Phi) is 8.73. The molecule has 2 N–H and O–H groups in total. The minimum Gasteiger partial charge on any atom is -0.356 e. The highest BCUT2D eigenvalue weighted by molar-refractivity contribution is 7.89. The second-order valence-corrected chi connectivity index (χ2v) is 9.21. The Morgan fingerprint density at radius 2 is 1.81 bits per heavy atom. The Labute approximate surface area is 163 Å². The van der Waals surface area contributed by atoms with Crippen molar-refractivity contribution in [2.45, 2.75) is 62.3 Å². The van der Waals surface area contributed by atoms with Crippen molar-refractivity contribution in [3.63, 3.8) is 0 Å². The average Bonchev–Trinajstić information content (AvgIpc) is 2.70. The van der Waals surface area contributed by atoms with Crippen LogP contribution in [0.4, 0.5) is 0 Å². The molecule has 1 aromatic rings. The predicted molar refractivity (Wildman–Crippen MR) is 108 cm³/mol. The summed E-state index contributed by atoms with van der Waals surface area (Å²) in [5, 5.41) is 2.98. The Morgan fingerprint density at radius 1 is 1.15 bits per heavy atom. The van der Waals surface area contributed by atoms with E-state index >= 15 is 0 Å². The highest BCUT2D eigenvalue weighted by atomic mass is 32.2. The van der Waals surface area contributed by atoms with Crippen molar-refractivity contribution in [3.05, 3.63) is 29.8 Å². The molecule has 0 unspecified atom stereocenters. The third kappa shape index (κ3) is 7.24. The first kappa shape index (κ1) is 21.9. The van der Waals surface area contributed by atoms with E-state index < -0.39 is 10.0 Å². The topological polar surface area (TPSA) is 78.5 Å². The van der Waals surface area contributed by atoms with E-state index in [2.05, 4.69) is 22.0 Å². The third-order valence-corrected chi connectivity index (χ3v) is 6.78. The van der Waals surface area contributed by atoms with Gasteiger partial charge < -0.3 is 10.2 Å². The lowest BCUT2D eigenvalue weighted by atomic mass is 9.94. The fourth-order valence-corrected chi connectivity index (χ4v) is 4.29. The number of nitrogens with zero attached hydrogens (tertiary/aromatic N) is 1. The van der Waals surface area contributed by atoms with Crippen LogP contribution in [-0.2, 0) is 21.2 Å². The normalized spacial score (nSPS) is 15.8. The smallest absolute Gasteiger partial charge is 0.240 e. The molecule has 0 atom stereocenters. The molecule has 1 fully saturated rings. The van der Waals surface area contributed by atoms with Crippen molar-refractivity contribution in [2.24, 2.45) is 0 Å². The van der Waals surface area contributed by atoms with Gasteiger partial charge >= 0.3 is 0 Å². The van der Waals surface area contributed by atoms with E-state index in [-0.39, 0.29) is 10.8 Å². The number of hydrogen-bond donors (Lipinski definition) is 2. The molecule has 0 spiro atoms. The molecular formula is C20H33N3O3S. The summed E-state index contributed by atoms with van der Waals surface area (Å²) < 4.78 is 25.7. The second kappa shape index (κ2) is 10.8. The Balaban J connectivity index is 1.63. The van der Waals surface area contributed by atoms with Gasteiger partial charge in [-0.25, -0.2) is 13.1 Å². The number of sulfonamides is 1. The maximum Gasteiger partial charge on any atom is 0.240 e. The summed E-state index contributed by atoms with van der Waals surface area (Å²) in [6.45, 7) is 1.72. The zero-order valence-corrected chi connectivity index (χ0v) is 17.4. The van der Waals surface area contributed by atoms with Crippen molar-refractivity contribution < 1.29 is 13.2 Å². The number of nitrogens with one attached hydrogen (secondary N) is 2. The van der Waals surface area contributed by atoms with Gasteiger partial charge in [0.05, 0.1) is 4.90 Å². The third-order valence-electron chi connectivity index (χ3n) is 5.35. The van der Waals surface area contributed by atoms with Gasteiger partial charge in [0.15, 0.2) is 0 Å². The fraction of sp³-hybridized carbons (Fsp3) is 0.650. The van der Waals surface area contributed by atoms with Gasteiger partial charge in [-0.05, 0) is 64.0 Å². The second-order valence-electron chi connectivity index (χ2n) is 7.33. The molecule has 0 aromatic heterocycles. The standard InChI is InChI=1S/C20H33N3O3S/c1-21-27(25,26)19-12-9-17(10-13-19)11-14-20(24)22-15-6-16-23(2)18-7-4-3-5-8-18/h9-10,12-13,18,21H,3-8,11,14-16H2,1-2H3,(H,22,24). The minimum atomic E-state index is -3.41. The zero-order chi connectivity index (χ0) is 19.7. The lowest BCUT2D eigenvalue weighted by molar-refractivity contribution is -0.121. The van der Waals surface area contributed by atoms with Gasteiger partial charge in [-0.3, -0.25) is 4.79 Å². The number of carbonyl (C=O) groups excluding carboxylic acids is 1. The zero-order valence-electron chi connectivity index (χ0n) is 16.5. The maximum absolute atomic E-state index is 12.0. The average molecular weight is 396 g/mol. The molecular weight excluding hydrogens is 362 g/mol. The molecule has 152 valence electrons. The van der Waals surface area contributed by atoms with Crippen molar-refractivity contribution in [3.8, 4) is 0 Å². The van der Waals surface area contributed by atoms with E-state index in [0.717, 1.165) is 18.5 Å². The first-order chi connectivity index (χ1) is 12.9. The molecule has 1 aliphatic carbocycles. The van der Waals surface area contributed by atoms with Crippen LogP contribution in [0.15, 0.2) is 29.2 Å². The molecule has 0 heterocycles. The van der Waals surface area contributed by atoms with Gasteiger partial charge in [-0.2, -0.15) is 0 Å². The van der Waals surface area contributed by atoms with Crippen molar-refractivity contribution in [2.75, 3.05) is 27.2 Å². The Morgan fingerprint density at radius 3 is 2.44 bits per heavy atom. The summed E-state index contributed by atoms with van der Waals surface area (Å²) in [4.78, 5) is 14.7. The first-order valence-electron chi connectivity index (χ1n) is 9.92. The van der Waals surface area contributed by atoms with Gasteiger partial charge in [-0.15, -0.1) is 0 Å². The fourth-order valence-electron chi connectivity index (χ4n) is 3.56. The van der Waals surface area contributed by atoms with E-state index in [0.29, 0.717) is 25.4 Å². The molecule has 0 radical (unpaired) electrons. The summed E-state index contributed by atoms with van der Waals surface area (Å²) in [7, 11) is 0.170. The largest absolute Gasteiger partial charge is 0.356 e. The van der Waals surface area contributed by atoms with E-state index in [1.165, 1.54) is 39.2 Å². The van der Waals surface area contributed by atoms with Crippen LogP contribution in [0.25, 0.3) is 0 Å². The van der Waals surface area contributed by atoms with Gasteiger partial charge in [-0.1, -0.05) is 31.4 Å². The van der Waals surface area contributed by atoms with Gasteiger partial charge in [0.2, 0.25) is 15.9 Å². The quantitative estimate of drug-likeness (QED) is 0.596. The van der Waals surface area contributed by atoms with Crippen molar-refractivity contribution in [1.82, 2.24) is 14.9 Å². The molecule has 7 heteroatoms. The molecule has 1 aliphatic rings. The number of carbonyl (C=O) groups is 1. The van der Waals surface area contributed by atoms with E-state index in [1.54, 1.807) is 24.3 Å². The molecule has 1 saturated carbocycles. The summed E-state index contributed by atoms with van der Waals surface area (Å²) in [6.07, 6.45) is 8.64. The van der Waals surface area contributed by atoms with Gasteiger partial charge in [0.1, 0.15) is 0 Å². The van der Waals surface area contributed by atoms with Crippen molar-refractivity contribution in [1.29, 1.82) is 0 Å². The highest BCUT2D eigenvalue weighted by Gasteiger charge is 2.17. The number of hydrogen-bond acceptors (Lipinski definition) is 4. The monoisotopic (exact) mass is 395 g/mol. The van der Waals surface area contributed by atoms with Crippen LogP contribution in [-0.4, -0.2) is 52.5 Å². The summed E-state index contributed by atoms with van der Waals surface area (Å²) in [6, 6.07) is 7.37. The number of rotatable bonds is 10. The van der Waals surface area contributed by atoms with Crippen LogP contribution in [0.3, 0.4) is 0 Å². The Hall–Kier alpha value is -1.44. The van der Waals surface area contributed by atoms with Crippen LogP contribution in [0.2, 0.25) is 0 Å². The van der Waals surface area contributed by atoms with Gasteiger partial charge in [0, 0.05) is 19.0 Å². The van der Waals surface area contributed by atoms with Crippen LogP contribution in [0.1, 0.15) is 50.5 Å². The van der Waals surface area contributed by atoms with E-state index in [1.807, 2.05) is 0 Å². The summed E-state index contributed by atoms with van der Waals surface area (Å²) >= 11 is 0. The minimum absolute atomic E-state index is 0.0437. The van der Waals surface area contributed by atoms with Crippen molar-refractivity contribution >= 4 is 15.9 Å². The molecule has 1 aromatic carbocycles. The van der Waals surface area contributed by atoms with Crippen LogP contribution in [0, 0.1) is 0 Å². The van der Waals surface area contributed by atoms with E-state index in [9.17, 15) is 13.2 Å². The molecule has 0 saturated heterocycles. The summed E-state index contributed by atoms with van der Waals surface area (Å²) in [5.41, 5.74) is 0.956. The molecule has 0 aliphatic heterocycles. The summed E-state index contributed by atoms with van der Waals surface area (Å²) in [5.74, 6) is 0.0437. The van der Waals surface area contributed by atoms with Crippen LogP contribution in [0.5, 0.6) is 0 Å². The number of aryl methyl sites for hydroxylation is 1.